The van der Waals surface area contributed by atoms with Gasteiger partial charge in [0.05, 0.1) is 11.9 Å². The quantitative estimate of drug-likeness (QED) is 0.354. The Morgan fingerprint density at radius 3 is 2.88 bits per heavy atom. The van der Waals surface area contributed by atoms with Crippen LogP contribution in [0, 0.1) is 5.82 Å². The Bertz CT molecular complexity index is 1380. The number of nitrogens with one attached hydrogen (secondary N) is 1. The number of aromatic nitrogens is 3. The summed E-state index contributed by atoms with van der Waals surface area (Å²) in [5.41, 5.74) is 0.694. The number of nitrogens with zero attached hydrogens (tertiary/aromatic N) is 4. The SMILES string of the molecule is COCOc1cc(-c2ncc3c(N4CCNC(=O)C4)nc(Cl)nc3c2F)c2ccccc2c1. The van der Waals surface area contributed by atoms with E-state index in [1.807, 2.05) is 30.3 Å². The van der Waals surface area contributed by atoms with E-state index in [4.69, 9.17) is 21.1 Å². The van der Waals surface area contributed by atoms with Gasteiger partial charge in [-0.1, -0.05) is 24.3 Å². The van der Waals surface area contributed by atoms with Crippen LogP contribution in [-0.2, 0) is 9.53 Å². The van der Waals surface area contributed by atoms with Crippen LogP contribution >= 0.6 is 11.6 Å². The van der Waals surface area contributed by atoms with Gasteiger partial charge >= 0.3 is 0 Å². The second-order valence-electron chi connectivity index (χ2n) is 7.51. The number of ether oxygens (including phenoxy) is 2. The van der Waals surface area contributed by atoms with Crippen LogP contribution < -0.4 is 15.0 Å². The first kappa shape index (κ1) is 21.3. The molecule has 1 N–H and O–H groups in total. The van der Waals surface area contributed by atoms with E-state index in [1.54, 1.807) is 11.0 Å². The van der Waals surface area contributed by atoms with Crippen LogP contribution in [0.2, 0.25) is 5.28 Å². The van der Waals surface area contributed by atoms with Crippen LogP contribution in [0.25, 0.3) is 32.9 Å². The lowest BCUT2D eigenvalue weighted by molar-refractivity contribution is -0.120. The van der Waals surface area contributed by atoms with Crippen molar-refractivity contribution in [2.24, 2.45) is 0 Å². The molecule has 0 atom stereocenters. The van der Waals surface area contributed by atoms with Crippen LogP contribution in [0.3, 0.4) is 0 Å². The van der Waals surface area contributed by atoms with Crippen molar-refractivity contribution in [3.05, 3.63) is 53.7 Å². The van der Waals surface area contributed by atoms with Gasteiger partial charge in [-0.25, -0.2) is 9.37 Å². The highest BCUT2D eigenvalue weighted by molar-refractivity contribution is 6.29. The zero-order chi connectivity index (χ0) is 22.9. The van der Waals surface area contributed by atoms with Gasteiger partial charge in [0.15, 0.2) is 12.6 Å². The Morgan fingerprint density at radius 1 is 1.21 bits per heavy atom. The van der Waals surface area contributed by atoms with Gasteiger partial charge in [-0.05, 0) is 34.5 Å². The van der Waals surface area contributed by atoms with Crippen molar-refractivity contribution >= 4 is 45.0 Å². The second-order valence-corrected chi connectivity index (χ2v) is 7.85. The highest BCUT2D eigenvalue weighted by Crippen LogP contribution is 2.36. The minimum atomic E-state index is -0.631. The van der Waals surface area contributed by atoms with E-state index in [9.17, 15) is 4.79 Å². The van der Waals surface area contributed by atoms with Crippen molar-refractivity contribution in [3.63, 3.8) is 0 Å². The van der Waals surface area contributed by atoms with Crippen LogP contribution in [0.5, 0.6) is 5.75 Å². The molecule has 8 nitrogen and oxygen atoms in total. The number of carbonyl (C=O) groups is 1. The number of fused-ring (bicyclic) bond motifs is 2. The molecule has 1 fully saturated rings. The van der Waals surface area contributed by atoms with E-state index in [2.05, 4.69) is 20.3 Å². The maximum absolute atomic E-state index is 15.9. The molecule has 168 valence electrons. The minimum Gasteiger partial charge on any atom is -0.468 e. The molecule has 5 rings (SSSR count). The number of anilines is 1. The molecule has 10 heteroatoms. The molecule has 0 unspecified atom stereocenters. The largest absolute Gasteiger partial charge is 0.468 e. The van der Waals surface area contributed by atoms with Gasteiger partial charge in [0.25, 0.3) is 0 Å². The summed E-state index contributed by atoms with van der Waals surface area (Å²) in [6, 6.07) is 11.1. The standard InChI is InChI=1S/C23H19ClFN5O3/c1-32-12-33-14-8-13-4-2-3-5-15(13)16(9-14)20-19(25)21-17(10-27-20)22(29-23(24)28-21)30-7-6-26-18(31)11-30/h2-5,8-10H,6-7,11-12H2,1H3,(H,26,31). The predicted molar refractivity (Wildman–Crippen MR) is 123 cm³/mol. The maximum atomic E-state index is 15.9. The topological polar surface area (TPSA) is 89.5 Å². The first-order valence-electron chi connectivity index (χ1n) is 10.2. The van der Waals surface area contributed by atoms with Gasteiger partial charge in [-0.15, -0.1) is 0 Å². The average molecular weight is 468 g/mol. The first-order chi connectivity index (χ1) is 16.0. The summed E-state index contributed by atoms with van der Waals surface area (Å²) in [5, 5.41) is 4.70. The normalized spacial score (nSPS) is 14.0. The zero-order valence-electron chi connectivity index (χ0n) is 17.6. The maximum Gasteiger partial charge on any atom is 0.239 e. The van der Waals surface area contributed by atoms with Crippen LogP contribution in [0.15, 0.2) is 42.6 Å². The number of hydrogen-bond acceptors (Lipinski definition) is 7. The summed E-state index contributed by atoms with van der Waals surface area (Å²) in [5.74, 6) is 0.120. The molecular weight excluding hydrogens is 449 g/mol. The van der Waals surface area contributed by atoms with Gasteiger partial charge in [0.2, 0.25) is 11.2 Å². The lowest BCUT2D eigenvalue weighted by atomic mass is 10.00. The Hall–Kier alpha value is -3.56. The fourth-order valence-electron chi connectivity index (χ4n) is 3.95. The van der Waals surface area contributed by atoms with Crippen molar-refractivity contribution in [1.29, 1.82) is 0 Å². The van der Waals surface area contributed by atoms with Gasteiger partial charge in [0, 0.05) is 32.0 Å². The number of carbonyl (C=O) groups excluding carboxylic acids is 1. The van der Waals surface area contributed by atoms with Crippen molar-refractivity contribution in [1.82, 2.24) is 20.3 Å². The Morgan fingerprint density at radius 2 is 2.06 bits per heavy atom. The first-order valence-corrected chi connectivity index (χ1v) is 10.6. The molecule has 33 heavy (non-hydrogen) atoms. The summed E-state index contributed by atoms with van der Waals surface area (Å²) in [6.07, 6.45) is 1.52. The number of amides is 1. The van der Waals surface area contributed by atoms with Gasteiger partial charge in [-0.3, -0.25) is 9.78 Å². The van der Waals surface area contributed by atoms with E-state index in [1.165, 1.54) is 13.3 Å². The molecule has 1 aliphatic heterocycles. The van der Waals surface area contributed by atoms with Crippen molar-refractivity contribution in [3.8, 4) is 17.0 Å². The molecule has 2 aromatic heterocycles. The third-order valence-corrected chi connectivity index (χ3v) is 5.58. The van der Waals surface area contributed by atoms with E-state index in [0.717, 1.165) is 10.8 Å². The number of hydrogen-bond donors (Lipinski definition) is 1. The third-order valence-electron chi connectivity index (χ3n) is 5.41. The van der Waals surface area contributed by atoms with Crippen LogP contribution in [0.4, 0.5) is 10.2 Å². The number of pyridine rings is 1. The van der Waals surface area contributed by atoms with E-state index >= 15 is 4.39 Å². The minimum absolute atomic E-state index is 0.0354. The molecule has 1 aliphatic rings. The summed E-state index contributed by atoms with van der Waals surface area (Å²) in [7, 11) is 1.53. The monoisotopic (exact) mass is 467 g/mol. The molecule has 0 saturated carbocycles. The molecule has 2 aromatic carbocycles. The predicted octanol–water partition coefficient (Wildman–Crippen LogP) is 3.56. The average Bonchev–Trinajstić information content (AvgIpc) is 2.82. The van der Waals surface area contributed by atoms with E-state index < -0.39 is 5.82 Å². The lowest BCUT2D eigenvalue weighted by Gasteiger charge is -2.28. The zero-order valence-corrected chi connectivity index (χ0v) is 18.4. The summed E-state index contributed by atoms with van der Waals surface area (Å²) >= 11 is 6.16. The van der Waals surface area contributed by atoms with Gasteiger partial charge in [0.1, 0.15) is 22.8 Å². The number of halogens is 2. The Labute approximate surface area is 193 Å². The molecule has 1 amide bonds. The molecule has 0 aliphatic carbocycles. The summed E-state index contributed by atoms with van der Waals surface area (Å²) in [4.78, 5) is 26.5. The molecule has 1 saturated heterocycles. The number of piperazine rings is 1. The van der Waals surface area contributed by atoms with Gasteiger partial charge < -0.3 is 19.7 Å². The smallest absolute Gasteiger partial charge is 0.239 e. The summed E-state index contributed by atoms with van der Waals surface area (Å²) in [6.45, 7) is 1.12. The van der Waals surface area contributed by atoms with Crippen molar-refractivity contribution < 1.29 is 18.7 Å². The number of benzene rings is 2. The third kappa shape index (κ3) is 4.01. The molecular formula is C23H19ClFN5O3. The fourth-order valence-corrected chi connectivity index (χ4v) is 4.12. The molecule has 0 spiro atoms. The van der Waals surface area contributed by atoms with Gasteiger partial charge in [-0.2, -0.15) is 4.98 Å². The van der Waals surface area contributed by atoms with Crippen LogP contribution in [-0.4, -0.2) is 54.4 Å². The number of methoxy groups -OCH3 is 1. The molecule has 4 aromatic rings. The highest BCUT2D eigenvalue weighted by Gasteiger charge is 2.24. The molecule has 0 radical (unpaired) electrons. The Kier molecular flexibility index (Phi) is 5.65. The van der Waals surface area contributed by atoms with Crippen LogP contribution in [0.1, 0.15) is 0 Å². The van der Waals surface area contributed by atoms with Crippen molar-refractivity contribution in [2.75, 3.05) is 38.4 Å². The Balaban J connectivity index is 1.70. The second kappa shape index (κ2) is 8.76. The number of rotatable bonds is 5. The summed E-state index contributed by atoms with van der Waals surface area (Å²) < 4.78 is 26.5. The fraction of sp³-hybridized carbons (Fsp3) is 0.217. The van der Waals surface area contributed by atoms with E-state index in [-0.39, 0.29) is 35.7 Å². The van der Waals surface area contributed by atoms with Crippen molar-refractivity contribution in [2.45, 2.75) is 0 Å². The lowest BCUT2D eigenvalue weighted by Crippen LogP contribution is -2.48. The molecule has 0 bridgehead atoms. The van der Waals surface area contributed by atoms with E-state index in [0.29, 0.717) is 35.6 Å². The highest BCUT2D eigenvalue weighted by atomic mass is 35.5. The molecule has 3 heterocycles.